The minimum atomic E-state index is -0.274. The minimum Gasteiger partial charge on any atom is -0.497 e. The van der Waals surface area contributed by atoms with Crippen molar-refractivity contribution >= 4 is 0 Å². The molecule has 0 bridgehead atoms. The third kappa shape index (κ3) is 6.86. The first-order valence-corrected chi connectivity index (χ1v) is 11.6. The average molecular weight is 461 g/mol. The molecule has 0 unspecified atom stereocenters. The first-order chi connectivity index (χ1) is 16.7. The molecule has 1 fully saturated rings. The molecule has 0 aromatic heterocycles. The molecule has 5 nitrogen and oxygen atoms in total. The van der Waals surface area contributed by atoms with E-state index in [0.29, 0.717) is 25.6 Å². The van der Waals surface area contributed by atoms with Crippen LogP contribution in [-0.2, 0) is 27.4 Å². The molecule has 0 aliphatic carbocycles. The van der Waals surface area contributed by atoms with Crippen LogP contribution in [0.2, 0.25) is 0 Å². The molecule has 3 aromatic rings. The summed E-state index contributed by atoms with van der Waals surface area (Å²) in [4.78, 5) is 0. The van der Waals surface area contributed by atoms with Gasteiger partial charge in [-0.2, -0.15) is 0 Å². The number of hydrogen-bond acceptors (Lipinski definition) is 5. The fourth-order valence-corrected chi connectivity index (χ4v) is 3.93. The van der Waals surface area contributed by atoms with Crippen LogP contribution in [0, 0.1) is 0 Å². The molecule has 1 aliphatic rings. The van der Waals surface area contributed by atoms with E-state index in [9.17, 15) is 0 Å². The molecule has 4 rings (SSSR count). The van der Waals surface area contributed by atoms with E-state index >= 15 is 0 Å². The molecule has 0 amide bonds. The molecular weight excluding hydrogens is 428 g/mol. The van der Waals surface area contributed by atoms with Crippen molar-refractivity contribution in [1.29, 1.82) is 0 Å². The number of methoxy groups -OCH3 is 1. The van der Waals surface area contributed by atoms with Gasteiger partial charge in [0, 0.05) is 0 Å². The van der Waals surface area contributed by atoms with Crippen LogP contribution >= 0.6 is 0 Å². The van der Waals surface area contributed by atoms with Crippen molar-refractivity contribution < 1.29 is 23.7 Å². The lowest BCUT2D eigenvalue weighted by molar-refractivity contribution is -0.0895. The predicted octanol–water partition coefficient (Wildman–Crippen LogP) is 5.94. The van der Waals surface area contributed by atoms with E-state index < -0.39 is 0 Å². The molecule has 0 N–H and O–H groups in total. The van der Waals surface area contributed by atoms with Crippen molar-refractivity contribution in [3.8, 4) is 11.5 Å². The zero-order chi connectivity index (χ0) is 23.6. The normalized spacial score (nSPS) is 20.3. The van der Waals surface area contributed by atoms with E-state index in [1.54, 1.807) is 7.11 Å². The summed E-state index contributed by atoms with van der Waals surface area (Å²) in [6.07, 6.45) is 0.822. The Balaban J connectivity index is 1.41. The summed E-state index contributed by atoms with van der Waals surface area (Å²) in [6, 6.07) is 27.8. The Morgan fingerprint density at radius 1 is 0.794 bits per heavy atom. The van der Waals surface area contributed by atoms with Gasteiger partial charge in [0.05, 0.1) is 33.0 Å². The fraction of sp³-hybridized carbons (Fsp3) is 0.310. The van der Waals surface area contributed by atoms with Crippen LogP contribution in [0.4, 0.5) is 0 Å². The standard InChI is InChI=1S/C29H32O5/c1-22-27(34-26-15-13-25(30-2)14-16-26)17-18-28(32-20-24-11-7-4-8-12-24)29(33-22)21-31-19-23-9-5-3-6-10-23/h3-16,27-29H,1,17-21H2,2H3/t27-,28+,29-/m0/s1. The molecule has 1 aliphatic heterocycles. The van der Waals surface area contributed by atoms with Crippen molar-refractivity contribution in [2.75, 3.05) is 13.7 Å². The average Bonchev–Trinajstić information content (AvgIpc) is 3.03. The number of benzene rings is 3. The van der Waals surface area contributed by atoms with Crippen LogP contribution in [0.5, 0.6) is 11.5 Å². The van der Waals surface area contributed by atoms with E-state index in [2.05, 4.69) is 30.8 Å². The monoisotopic (exact) mass is 460 g/mol. The van der Waals surface area contributed by atoms with E-state index in [1.165, 1.54) is 0 Å². The summed E-state index contributed by atoms with van der Waals surface area (Å²) in [5.41, 5.74) is 2.25. The predicted molar refractivity (Wildman–Crippen MR) is 132 cm³/mol. The van der Waals surface area contributed by atoms with Crippen LogP contribution in [0.15, 0.2) is 97.3 Å². The molecule has 3 aromatic carbocycles. The summed E-state index contributed by atoms with van der Waals surface area (Å²) in [5, 5.41) is 0. The van der Waals surface area contributed by atoms with Gasteiger partial charge in [0.2, 0.25) is 0 Å². The van der Waals surface area contributed by atoms with Gasteiger partial charge in [0.25, 0.3) is 0 Å². The molecule has 178 valence electrons. The number of rotatable bonds is 10. The SMILES string of the molecule is C=C1O[C@@H](COCc2ccccc2)[C@H](OCc2ccccc2)CC[C@@H]1Oc1ccc(OC)cc1. The quantitative estimate of drug-likeness (QED) is 0.375. The zero-order valence-corrected chi connectivity index (χ0v) is 19.6. The summed E-state index contributed by atoms with van der Waals surface area (Å²) < 4.78 is 30.1. The second kappa shape index (κ2) is 12.3. The second-order valence-electron chi connectivity index (χ2n) is 8.32. The maximum Gasteiger partial charge on any atom is 0.155 e. The van der Waals surface area contributed by atoms with Gasteiger partial charge in [0.15, 0.2) is 6.10 Å². The third-order valence-electron chi connectivity index (χ3n) is 5.83. The molecule has 34 heavy (non-hydrogen) atoms. The highest BCUT2D eigenvalue weighted by Gasteiger charge is 2.33. The van der Waals surface area contributed by atoms with Crippen LogP contribution in [0.25, 0.3) is 0 Å². The lowest BCUT2D eigenvalue weighted by Gasteiger charge is -2.26. The van der Waals surface area contributed by atoms with Gasteiger partial charge in [-0.25, -0.2) is 0 Å². The highest BCUT2D eigenvalue weighted by Crippen LogP contribution is 2.29. The molecule has 1 heterocycles. The van der Waals surface area contributed by atoms with Gasteiger partial charge in [-0.15, -0.1) is 0 Å². The Labute approximate surface area is 201 Å². The van der Waals surface area contributed by atoms with Crippen molar-refractivity contribution in [3.05, 3.63) is 108 Å². The van der Waals surface area contributed by atoms with Gasteiger partial charge in [-0.1, -0.05) is 67.2 Å². The number of ether oxygens (including phenoxy) is 5. The molecule has 0 saturated carbocycles. The Bertz CT molecular complexity index is 1000. The molecule has 0 spiro atoms. The summed E-state index contributed by atoms with van der Waals surface area (Å²) in [5.74, 6) is 2.12. The second-order valence-corrected chi connectivity index (χ2v) is 8.32. The maximum absolute atomic E-state index is 6.32. The Kier molecular flexibility index (Phi) is 8.60. The van der Waals surface area contributed by atoms with Crippen molar-refractivity contribution in [1.82, 2.24) is 0 Å². The highest BCUT2D eigenvalue weighted by molar-refractivity contribution is 5.31. The van der Waals surface area contributed by atoms with Crippen LogP contribution in [-0.4, -0.2) is 32.0 Å². The molecule has 0 radical (unpaired) electrons. The highest BCUT2D eigenvalue weighted by atomic mass is 16.6. The van der Waals surface area contributed by atoms with E-state index in [0.717, 1.165) is 35.5 Å². The Morgan fingerprint density at radius 2 is 1.41 bits per heavy atom. The molecule has 1 saturated heterocycles. The Hall–Kier alpha value is -3.28. The van der Waals surface area contributed by atoms with Crippen molar-refractivity contribution in [2.45, 2.75) is 44.4 Å². The van der Waals surface area contributed by atoms with Gasteiger partial charge in [-0.05, 0) is 48.2 Å². The summed E-state index contributed by atoms with van der Waals surface area (Å²) >= 11 is 0. The lowest BCUT2D eigenvalue weighted by Crippen LogP contribution is -2.34. The van der Waals surface area contributed by atoms with Crippen molar-refractivity contribution in [3.63, 3.8) is 0 Å². The number of hydrogen-bond donors (Lipinski definition) is 0. The first kappa shape index (κ1) is 23.9. The zero-order valence-electron chi connectivity index (χ0n) is 19.6. The fourth-order valence-electron chi connectivity index (χ4n) is 3.93. The minimum absolute atomic E-state index is 0.141. The Morgan fingerprint density at radius 3 is 2.06 bits per heavy atom. The van der Waals surface area contributed by atoms with Gasteiger partial charge in [0.1, 0.15) is 23.4 Å². The summed E-state index contributed by atoms with van der Waals surface area (Å²) in [7, 11) is 1.65. The van der Waals surface area contributed by atoms with Crippen LogP contribution in [0.3, 0.4) is 0 Å². The molecular formula is C29H32O5. The van der Waals surface area contributed by atoms with Crippen LogP contribution < -0.4 is 9.47 Å². The topological polar surface area (TPSA) is 46.2 Å². The largest absolute Gasteiger partial charge is 0.497 e. The molecule has 3 atom stereocenters. The van der Waals surface area contributed by atoms with Gasteiger partial charge < -0.3 is 23.7 Å². The third-order valence-corrected chi connectivity index (χ3v) is 5.83. The lowest BCUT2D eigenvalue weighted by atomic mass is 10.1. The first-order valence-electron chi connectivity index (χ1n) is 11.6. The van der Waals surface area contributed by atoms with E-state index in [4.69, 9.17) is 23.7 Å². The smallest absolute Gasteiger partial charge is 0.155 e. The van der Waals surface area contributed by atoms with Crippen LogP contribution in [0.1, 0.15) is 24.0 Å². The molecule has 5 heteroatoms. The van der Waals surface area contributed by atoms with E-state index in [1.807, 2.05) is 60.7 Å². The van der Waals surface area contributed by atoms with Gasteiger partial charge in [-0.3, -0.25) is 0 Å². The maximum atomic E-state index is 6.32. The summed E-state index contributed by atoms with van der Waals surface area (Å²) in [6.45, 7) is 5.61. The van der Waals surface area contributed by atoms with E-state index in [-0.39, 0.29) is 18.3 Å². The van der Waals surface area contributed by atoms with Crippen molar-refractivity contribution in [2.24, 2.45) is 0 Å². The van der Waals surface area contributed by atoms with Gasteiger partial charge >= 0.3 is 0 Å².